The van der Waals surface area contributed by atoms with Crippen molar-refractivity contribution in [2.45, 2.75) is 0 Å². The summed E-state index contributed by atoms with van der Waals surface area (Å²) in [7, 11) is 0. The number of azo groups is 1. The lowest BCUT2D eigenvalue weighted by molar-refractivity contribution is 0.0694. The van der Waals surface area contributed by atoms with Crippen molar-refractivity contribution < 1.29 is 20.1 Å². The van der Waals surface area contributed by atoms with E-state index in [0.29, 0.717) is 16.4 Å². The van der Waals surface area contributed by atoms with Crippen molar-refractivity contribution in [1.29, 1.82) is 0 Å². The van der Waals surface area contributed by atoms with Crippen molar-refractivity contribution in [2.75, 3.05) is 5.32 Å². The minimum absolute atomic E-state index is 0.0292. The third kappa shape index (κ3) is 4.16. The normalized spacial score (nSPS) is 10.9. The molecule has 3 aromatic rings. The Morgan fingerprint density at radius 1 is 0.963 bits per heavy atom. The van der Waals surface area contributed by atoms with Crippen LogP contribution in [0.2, 0.25) is 5.02 Å². The van der Waals surface area contributed by atoms with Gasteiger partial charge in [0.25, 0.3) is 0 Å². The van der Waals surface area contributed by atoms with E-state index in [-0.39, 0.29) is 11.4 Å². The molecule has 0 aliphatic carbocycles. The first-order valence-corrected chi connectivity index (χ1v) is 8.15. The second-order valence-electron chi connectivity index (χ2n) is 5.49. The SMILES string of the molecule is O=C(O)c1c(O)c(Nc2ccccc2)cc(O)c1N=Nc1ccc(Cl)cc1. The number of carboxylic acid groups (broad SMARTS) is 1. The van der Waals surface area contributed by atoms with Crippen molar-refractivity contribution >= 4 is 40.3 Å². The Morgan fingerprint density at radius 2 is 1.63 bits per heavy atom. The number of halogens is 1. The standard InChI is InChI=1S/C19H14ClN3O4/c20-11-6-8-13(9-7-11)22-23-17-15(24)10-14(18(25)16(17)19(26)27)21-12-4-2-1-3-5-12/h1-10,21,24-25H,(H,26,27). The molecule has 0 radical (unpaired) electrons. The molecule has 0 aromatic heterocycles. The van der Waals surface area contributed by atoms with Crippen LogP contribution in [0.5, 0.6) is 11.5 Å². The number of carboxylic acids is 1. The number of benzene rings is 3. The summed E-state index contributed by atoms with van der Waals surface area (Å²) >= 11 is 5.80. The van der Waals surface area contributed by atoms with E-state index >= 15 is 0 Å². The number of hydrogen-bond donors (Lipinski definition) is 4. The quantitative estimate of drug-likeness (QED) is 0.260. The van der Waals surface area contributed by atoms with E-state index in [1.165, 1.54) is 6.07 Å². The molecule has 0 spiro atoms. The summed E-state index contributed by atoms with van der Waals surface area (Å²) in [5.74, 6) is -2.46. The van der Waals surface area contributed by atoms with Gasteiger partial charge < -0.3 is 20.6 Å². The van der Waals surface area contributed by atoms with E-state index < -0.39 is 23.0 Å². The van der Waals surface area contributed by atoms with Crippen molar-refractivity contribution in [2.24, 2.45) is 10.2 Å². The van der Waals surface area contributed by atoms with Crippen LogP contribution in [0.25, 0.3) is 0 Å². The highest BCUT2D eigenvalue weighted by Gasteiger charge is 2.23. The minimum Gasteiger partial charge on any atom is -0.506 e. The van der Waals surface area contributed by atoms with Gasteiger partial charge in [0.15, 0.2) is 5.75 Å². The zero-order valence-corrected chi connectivity index (χ0v) is 14.6. The third-order valence-corrected chi connectivity index (χ3v) is 3.86. The van der Waals surface area contributed by atoms with Gasteiger partial charge in [-0.05, 0) is 36.4 Å². The summed E-state index contributed by atoms with van der Waals surface area (Å²) in [6.45, 7) is 0. The maximum Gasteiger partial charge on any atom is 0.342 e. The van der Waals surface area contributed by atoms with Gasteiger partial charge in [0.2, 0.25) is 0 Å². The lowest BCUT2D eigenvalue weighted by Gasteiger charge is -2.13. The number of phenolic OH excluding ortho intramolecular Hbond substituents is 1. The molecule has 4 N–H and O–H groups in total. The predicted octanol–water partition coefficient (Wildman–Crippen LogP) is 5.61. The molecule has 136 valence electrons. The molecule has 3 rings (SSSR count). The number of rotatable bonds is 5. The van der Waals surface area contributed by atoms with Gasteiger partial charge in [-0.25, -0.2) is 4.79 Å². The van der Waals surface area contributed by atoms with Gasteiger partial charge in [-0.15, -0.1) is 5.11 Å². The van der Waals surface area contributed by atoms with Gasteiger partial charge in [-0.1, -0.05) is 29.8 Å². The highest BCUT2D eigenvalue weighted by molar-refractivity contribution is 6.30. The van der Waals surface area contributed by atoms with Crippen LogP contribution in [-0.4, -0.2) is 21.3 Å². The van der Waals surface area contributed by atoms with Crippen molar-refractivity contribution in [1.82, 2.24) is 0 Å². The van der Waals surface area contributed by atoms with Crippen molar-refractivity contribution in [3.63, 3.8) is 0 Å². The molecule has 27 heavy (non-hydrogen) atoms. The number of nitrogens with one attached hydrogen (secondary N) is 1. The van der Waals surface area contributed by atoms with E-state index in [1.807, 2.05) is 6.07 Å². The van der Waals surface area contributed by atoms with Crippen LogP contribution in [0.3, 0.4) is 0 Å². The summed E-state index contributed by atoms with van der Waals surface area (Å²) in [6, 6.07) is 16.3. The van der Waals surface area contributed by atoms with E-state index in [4.69, 9.17) is 11.6 Å². The van der Waals surface area contributed by atoms with Crippen molar-refractivity contribution in [3.8, 4) is 11.5 Å². The molecule has 0 heterocycles. The second kappa shape index (κ2) is 7.76. The van der Waals surface area contributed by atoms with Crippen molar-refractivity contribution in [3.05, 3.63) is 71.2 Å². The van der Waals surface area contributed by atoms with E-state index in [0.717, 1.165) is 0 Å². The van der Waals surface area contributed by atoms with E-state index in [9.17, 15) is 20.1 Å². The Kier molecular flexibility index (Phi) is 5.23. The van der Waals surface area contributed by atoms with Gasteiger partial charge in [0.1, 0.15) is 17.0 Å². The number of carbonyl (C=O) groups is 1. The highest BCUT2D eigenvalue weighted by atomic mass is 35.5. The lowest BCUT2D eigenvalue weighted by Crippen LogP contribution is -2.01. The molecule has 8 heteroatoms. The van der Waals surface area contributed by atoms with Crippen LogP contribution in [-0.2, 0) is 0 Å². The first-order valence-electron chi connectivity index (χ1n) is 7.77. The number of phenols is 2. The summed E-state index contributed by atoms with van der Waals surface area (Å²) in [6.07, 6.45) is 0. The fourth-order valence-corrected chi connectivity index (χ4v) is 2.47. The van der Waals surface area contributed by atoms with Crippen LogP contribution < -0.4 is 5.32 Å². The van der Waals surface area contributed by atoms with Gasteiger partial charge in [0, 0.05) is 16.8 Å². The number of nitrogens with zero attached hydrogens (tertiary/aromatic N) is 2. The number of aromatic carboxylic acids is 1. The van der Waals surface area contributed by atoms with Gasteiger partial charge >= 0.3 is 5.97 Å². The fraction of sp³-hybridized carbons (Fsp3) is 0. The van der Waals surface area contributed by atoms with Crippen LogP contribution >= 0.6 is 11.6 Å². The maximum atomic E-state index is 11.6. The number of hydrogen-bond acceptors (Lipinski definition) is 6. The van der Waals surface area contributed by atoms with Crippen LogP contribution in [0, 0.1) is 0 Å². The summed E-state index contributed by atoms with van der Waals surface area (Å²) in [4.78, 5) is 11.6. The third-order valence-electron chi connectivity index (χ3n) is 3.61. The molecule has 0 fully saturated rings. The molecule has 0 unspecified atom stereocenters. The molecule has 0 bridgehead atoms. The molecule has 0 aliphatic rings. The Labute approximate surface area is 159 Å². The van der Waals surface area contributed by atoms with Gasteiger partial charge in [0.05, 0.1) is 11.4 Å². The van der Waals surface area contributed by atoms with Crippen LogP contribution in [0.1, 0.15) is 10.4 Å². The Hall–Kier alpha value is -3.58. The average molecular weight is 384 g/mol. The largest absolute Gasteiger partial charge is 0.506 e. The monoisotopic (exact) mass is 383 g/mol. The zero-order valence-electron chi connectivity index (χ0n) is 13.8. The van der Waals surface area contributed by atoms with Crippen LogP contribution in [0.4, 0.5) is 22.7 Å². The topological polar surface area (TPSA) is 115 Å². The zero-order chi connectivity index (χ0) is 19.4. The summed E-state index contributed by atoms with van der Waals surface area (Å²) < 4.78 is 0. The molecule has 0 saturated heterocycles. The van der Waals surface area contributed by atoms with E-state index in [1.54, 1.807) is 48.5 Å². The molecule has 0 aliphatic heterocycles. The van der Waals surface area contributed by atoms with E-state index in [2.05, 4.69) is 15.5 Å². The smallest absolute Gasteiger partial charge is 0.342 e. The Bertz CT molecular complexity index is 1010. The molecule has 0 amide bonds. The average Bonchev–Trinajstić information content (AvgIpc) is 2.65. The molecule has 0 saturated carbocycles. The summed E-state index contributed by atoms with van der Waals surface area (Å²) in [5, 5.41) is 41.2. The minimum atomic E-state index is -1.45. The molecular weight excluding hydrogens is 370 g/mol. The Balaban J connectivity index is 2.02. The number of para-hydroxylation sites is 1. The molecular formula is C19H14ClN3O4. The Morgan fingerprint density at radius 3 is 2.26 bits per heavy atom. The molecule has 0 atom stereocenters. The van der Waals surface area contributed by atoms with Gasteiger partial charge in [-0.3, -0.25) is 0 Å². The second-order valence-corrected chi connectivity index (χ2v) is 5.92. The number of anilines is 2. The summed E-state index contributed by atoms with van der Waals surface area (Å²) in [5.41, 5.74) is 0.126. The lowest BCUT2D eigenvalue weighted by atomic mass is 10.1. The fourth-order valence-electron chi connectivity index (χ4n) is 2.34. The highest BCUT2D eigenvalue weighted by Crippen LogP contribution is 2.43. The first-order chi connectivity index (χ1) is 13.0. The molecule has 3 aromatic carbocycles. The van der Waals surface area contributed by atoms with Gasteiger partial charge in [-0.2, -0.15) is 5.11 Å². The van der Waals surface area contributed by atoms with Crippen LogP contribution in [0.15, 0.2) is 70.9 Å². The molecule has 7 nitrogen and oxygen atoms in total. The predicted molar refractivity (Wildman–Crippen MR) is 102 cm³/mol. The maximum absolute atomic E-state index is 11.6. The number of aromatic hydroxyl groups is 2. The first kappa shape index (κ1) is 18.2.